The van der Waals surface area contributed by atoms with Crippen molar-refractivity contribution in [3.8, 4) is 11.3 Å². The van der Waals surface area contributed by atoms with E-state index in [2.05, 4.69) is 52.1 Å². The number of imidazole rings is 1. The van der Waals surface area contributed by atoms with Crippen LogP contribution in [-0.2, 0) is 15.0 Å². The minimum absolute atomic E-state index is 0.0625. The summed E-state index contributed by atoms with van der Waals surface area (Å²) >= 11 is 0. The molecule has 260 valence electrons. The number of piperidine rings is 2. The molecule has 10 nitrogen and oxygen atoms in total. The van der Waals surface area contributed by atoms with Gasteiger partial charge in [0.25, 0.3) is 0 Å². The van der Waals surface area contributed by atoms with E-state index < -0.39 is 11.2 Å². The highest BCUT2D eigenvalue weighted by Crippen LogP contribution is 2.52. The van der Waals surface area contributed by atoms with Crippen molar-refractivity contribution in [2.75, 3.05) is 36.4 Å². The Balaban J connectivity index is 1.09. The Morgan fingerprint density at radius 3 is 2.48 bits per heavy atom. The predicted molar refractivity (Wildman–Crippen MR) is 191 cm³/mol. The molecule has 2 bridgehead atoms. The second-order valence-corrected chi connectivity index (χ2v) is 15.7. The molecule has 2 saturated heterocycles. The molecule has 1 N–H and O–H groups in total. The number of aromatic nitrogens is 4. The minimum Gasteiger partial charge on any atom is -0.343 e. The normalized spacial score (nSPS) is 25.8. The van der Waals surface area contributed by atoms with Crippen LogP contribution in [0.5, 0.6) is 0 Å². The molecule has 4 aromatic rings. The van der Waals surface area contributed by atoms with Gasteiger partial charge < -0.3 is 19.7 Å². The van der Waals surface area contributed by atoms with Crippen LogP contribution in [0.2, 0.25) is 0 Å². The standard InChI is InChI=1S/C39H45FN8O2/c1-23(2)47-22-42-34-18-33(44-37(36(34)47)43-32-8-11-41-19-31(32)40)27-6-7-30-35(15-27)48(38(50)39(30)9-12-45(13-10-39)24(3)49)29-16-28(17-29)46-20-25-4-5-26(14-25)21-46/h6-8,11,15,18-19,22-23,25-26,28-29H,4-5,9-10,12-14,16-17,20-21H2,1-3H3,(H,41,43,44)/t25?,26?,28-,29+. The molecule has 9 rings (SSSR count). The number of nitrogens with zero attached hydrogens (tertiary/aromatic N) is 7. The fraction of sp³-hybridized carbons (Fsp3) is 0.513. The van der Waals surface area contributed by atoms with Gasteiger partial charge in [-0.3, -0.25) is 19.5 Å². The van der Waals surface area contributed by atoms with Gasteiger partial charge in [0.1, 0.15) is 5.52 Å². The van der Waals surface area contributed by atoms with Crippen LogP contribution < -0.4 is 10.2 Å². The smallest absolute Gasteiger partial charge is 0.238 e. The number of nitrogens with one attached hydrogen (secondary N) is 1. The van der Waals surface area contributed by atoms with Crippen molar-refractivity contribution in [2.45, 2.75) is 89.3 Å². The van der Waals surface area contributed by atoms with Crippen LogP contribution in [0.15, 0.2) is 49.1 Å². The SMILES string of the molecule is CC(=O)N1CCC2(CC1)C(=O)N([C@H]1C[C@@H](N3CC4CCC(C4)C3)C1)c1cc(-c3cc4ncn(C(C)C)c4c(Nc4ccncc4F)n3)ccc12. The van der Waals surface area contributed by atoms with Crippen LogP contribution in [0, 0.1) is 17.7 Å². The van der Waals surface area contributed by atoms with E-state index in [0.717, 1.165) is 52.5 Å². The first-order chi connectivity index (χ1) is 24.2. The molecule has 1 spiro atoms. The number of carbonyl (C=O) groups excluding carboxylic acids is 2. The average molecular weight is 677 g/mol. The lowest BCUT2D eigenvalue weighted by Gasteiger charge is -2.49. The Hall–Kier alpha value is -4.38. The Morgan fingerprint density at radius 1 is 1.02 bits per heavy atom. The molecule has 50 heavy (non-hydrogen) atoms. The van der Waals surface area contributed by atoms with E-state index in [1.807, 2.05) is 15.5 Å². The molecule has 5 aliphatic rings. The van der Waals surface area contributed by atoms with Gasteiger partial charge in [-0.1, -0.05) is 12.1 Å². The highest BCUT2D eigenvalue weighted by Gasteiger charge is 2.56. The molecule has 4 fully saturated rings. The van der Waals surface area contributed by atoms with Gasteiger partial charge in [0.2, 0.25) is 11.8 Å². The summed E-state index contributed by atoms with van der Waals surface area (Å²) < 4.78 is 16.9. The lowest BCUT2D eigenvalue weighted by atomic mass is 9.73. The predicted octanol–water partition coefficient (Wildman–Crippen LogP) is 6.45. The third kappa shape index (κ3) is 5.02. The van der Waals surface area contributed by atoms with Crippen LogP contribution >= 0.6 is 0 Å². The number of pyridine rings is 2. The Bertz CT molecular complexity index is 1980. The molecule has 3 aromatic heterocycles. The van der Waals surface area contributed by atoms with Gasteiger partial charge in [0, 0.05) is 68.7 Å². The summed E-state index contributed by atoms with van der Waals surface area (Å²) in [6.45, 7) is 9.34. The van der Waals surface area contributed by atoms with Gasteiger partial charge in [0.15, 0.2) is 11.6 Å². The number of fused-ring (bicyclic) bond motifs is 5. The molecule has 2 saturated carbocycles. The summed E-state index contributed by atoms with van der Waals surface area (Å²) in [5.74, 6) is 1.97. The fourth-order valence-electron chi connectivity index (χ4n) is 9.70. The molecular weight excluding hydrogens is 631 g/mol. The molecule has 2 aliphatic carbocycles. The Labute approximate surface area is 292 Å². The summed E-state index contributed by atoms with van der Waals surface area (Å²) in [5, 5.41) is 3.23. The van der Waals surface area contributed by atoms with Crippen LogP contribution in [0.1, 0.15) is 77.3 Å². The number of hydrogen-bond acceptors (Lipinski definition) is 7. The van der Waals surface area contributed by atoms with E-state index in [1.165, 1.54) is 38.5 Å². The third-order valence-corrected chi connectivity index (χ3v) is 12.5. The van der Waals surface area contributed by atoms with Crippen LogP contribution in [0.3, 0.4) is 0 Å². The van der Waals surface area contributed by atoms with Gasteiger partial charge in [-0.25, -0.2) is 14.4 Å². The topological polar surface area (TPSA) is 99.5 Å². The van der Waals surface area contributed by atoms with Gasteiger partial charge in [-0.15, -0.1) is 0 Å². The van der Waals surface area contributed by atoms with Crippen molar-refractivity contribution in [3.05, 3.63) is 60.4 Å². The number of carbonyl (C=O) groups is 2. The molecule has 2 atom stereocenters. The zero-order valence-electron chi connectivity index (χ0n) is 29.1. The largest absolute Gasteiger partial charge is 0.343 e. The molecule has 0 radical (unpaired) electrons. The second kappa shape index (κ2) is 11.9. The second-order valence-electron chi connectivity index (χ2n) is 15.7. The molecule has 11 heteroatoms. The molecule has 2 unspecified atom stereocenters. The van der Waals surface area contributed by atoms with Crippen LogP contribution in [0.4, 0.5) is 21.6 Å². The quantitative estimate of drug-likeness (QED) is 0.251. The monoisotopic (exact) mass is 676 g/mol. The first-order valence-corrected chi connectivity index (χ1v) is 18.4. The van der Waals surface area contributed by atoms with E-state index in [1.54, 1.807) is 25.5 Å². The maximum Gasteiger partial charge on any atom is 0.238 e. The van der Waals surface area contributed by atoms with Crippen molar-refractivity contribution in [3.63, 3.8) is 0 Å². The lowest BCUT2D eigenvalue weighted by molar-refractivity contribution is -0.134. The van der Waals surface area contributed by atoms with Gasteiger partial charge >= 0.3 is 0 Å². The summed E-state index contributed by atoms with van der Waals surface area (Å²) in [4.78, 5) is 47.5. The first kappa shape index (κ1) is 31.6. The van der Waals surface area contributed by atoms with Gasteiger partial charge in [0.05, 0.1) is 34.8 Å². The van der Waals surface area contributed by atoms with E-state index >= 15 is 0 Å². The van der Waals surface area contributed by atoms with Crippen molar-refractivity contribution in [1.29, 1.82) is 0 Å². The number of hydrogen-bond donors (Lipinski definition) is 1. The number of anilines is 3. The third-order valence-electron chi connectivity index (χ3n) is 12.5. The lowest BCUT2D eigenvalue weighted by Crippen LogP contribution is -2.59. The summed E-state index contributed by atoms with van der Waals surface area (Å²) in [5.41, 5.74) is 4.80. The van der Waals surface area contributed by atoms with Gasteiger partial charge in [-0.05, 0) is 94.4 Å². The summed E-state index contributed by atoms with van der Waals surface area (Å²) in [7, 11) is 0. The van der Waals surface area contributed by atoms with E-state index in [-0.39, 0.29) is 29.6 Å². The van der Waals surface area contributed by atoms with Crippen molar-refractivity contribution in [2.24, 2.45) is 11.8 Å². The number of halogens is 1. The first-order valence-electron chi connectivity index (χ1n) is 18.4. The van der Waals surface area contributed by atoms with Gasteiger partial charge in [-0.2, -0.15) is 0 Å². The highest BCUT2D eigenvalue weighted by molar-refractivity contribution is 6.09. The number of likely N-dealkylation sites (tertiary alicyclic amines) is 2. The molecule has 2 amide bonds. The Kier molecular flexibility index (Phi) is 7.49. The maximum atomic E-state index is 14.8. The Morgan fingerprint density at radius 2 is 1.78 bits per heavy atom. The maximum absolute atomic E-state index is 14.8. The van der Waals surface area contributed by atoms with Crippen molar-refractivity contribution in [1.82, 2.24) is 29.3 Å². The molecular formula is C39H45FN8O2. The zero-order chi connectivity index (χ0) is 34.3. The zero-order valence-corrected chi connectivity index (χ0v) is 29.1. The summed E-state index contributed by atoms with van der Waals surface area (Å²) in [6.07, 6.45) is 11.9. The summed E-state index contributed by atoms with van der Waals surface area (Å²) in [6, 6.07) is 10.7. The fourth-order valence-corrected chi connectivity index (χ4v) is 9.70. The molecule has 6 heterocycles. The number of rotatable bonds is 6. The van der Waals surface area contributed by atoms with Crippen LogP contribution in [-0.4, -0.2) is 79.4 Å². The van der Waals surface area contributed by atoms with Crippen molar-refractivity contribution < 1.29 is 14.0 Å². The minimum atomic E-state index is -0.631. The van der Waals surface area contributed by atoms with E-state index in [9.17, 15) is 14.0 Å². The average Bonchev–Trinajstić information content (AvgIpc) is 3.74. The van der Waals surface area contributed by atoms with Crippen molar-refractivity contribution >= 4 is 40.0 Å². The molecule has 3 aliphatic heterocycles. The number of benzene rings is 1. The number of amides is 2. The van der Waals surface area contributed by atoms with E-state index in [0.29, 0.717) is 43.5 Å². The highest BCUT2D eigenvalue weighted by atomic mass is 19.1. The molecule has 1 aromatic carbocycles. The van der Waals surface area contributed by atoms with Crippen LogP contribution in [0.25, 0.3) is 22.3 Å². The van der Waals surface area contributed by atoms with E-state index in [4.69, 9.17) is 9.97 Å².